The Hall–Kier alpha value is -2.95. The van der Waals surface area contributed by atoms with Crippen LogP contribution in [-0.2, 0) is 4.79 Å². The first-order valence-electron chi connectivity index (χ1n) is 6.28. The number of rotatable bonds is 1. The Bertz CT molecular complexity index is 718. The minimum absolute atomic E-state index is 0.424. The van der Waals surface area contributed by atoms with Crippen molar-refractivity contribution in [3.05, 3.63) is 84.2 Å². The third-order valence-corrected chi connectivity index (χ3v) is 3.49. The summed E-state index contributed by atoms with van der Waals surface area (Å²) < 4.78 is 0. The Kier molecular flexibility index (Phi) is 2.06. The first-order chi connectivity index (χ1) is 9.72. The van der Waals surface area contributed by atoms with Crippen LogP contribution in [0, 0.1) is 0 Å². The fourth-order valence-electron chi connectivity index (χ4n) is 2.50. The van der Waals surface area contributed by atoms with Crippen molar-refractivity contribution in [1.82, 2.24) is 14.7 Å². The summed E-state index contributed by atoms with van der Waals surface area (Å²) in [6, 6.07) is 0. The zero-order chi connectivity index (χ0) is 13.7. The van der Waals surface area contributed by atoms with Gasteiger partial charge >= 0.3 is 0 Å². The molecular formula is C15H12N4O. The third-order valence-electron chi connectivity index (χ3n) is 3.49. The lowest BCUT2D eigenvalue weighted by Crippen LogP contribution is -2.28. The van der Waals surface area contributed by atoms with Crippen LogP contribution in [0.1, 0.15) is 0 Å². The fraction of sp³-hybridized carbons (Fsp3) is 0. The minimum atomic E-state index is -0.424. The third kappa shape index (κ3) is 1.46. The van der Waals surface area contributed by atoms with Gasteiger partial charge in [-0.2, -0.15) is 0 Å². The molecule has 0 saturated carbocycles. The molecule has 0 unspecified atom stereocenters. The van der Waals surface area contributed by atoms with Crippen LogP contribution in [0.25, 0.3) is 0 Å². The first-order valence-corrected chi connectivity index (χ1v) is 6.28. The van der Waals surface area contributed by atoms with Crippen LogP contribution in [0.15, 0.2) is 84.2 Å². The van der Waals surface area contributed by atoms with E-state index in [0.717, 1.165) is 17.2 Å². The summed E-state index contributed by atoms with van der Waals surface area (Å²) in [6.07, 6.45) is 19.5. The lowest BCUT2D eigenvalue weighted by molar-refractivity contribution is -0.114. The molecule has 20 heavy (non-hydrogen) atoms. The van der Waals surface area contributed by atoms with Gasteiger partial charge in [-0.3, -0.25) is 4.79 Å². The second-order valence-electron chi connectivity index (χ2n) is 4.76. The second kappa shape index (κ2) is 3.77. The molecule has 0 atom stereocenters. The minimum Gasteiger partial charge on any atom is -0.366 e. The SMILES string of the molecule is NC(=O)C1=CN2C=C3N(C=C2C=C1)C=C1C=CC=CN13. The van der Waals surface area contributed by atoms with Gasteiger partial charge < -0.3 is 20.4 Å². The summed E-state index contributed by atoms with van der Waals surface area (Å²) in [5.74, 6) is 0.590. The van der Waals surface area contributed by atoms with E-state index in [0.29, 0.717) is 5.57 Å². The van der Waals surface area contributed by atoms with Crippen LogP contribution in [0.4, 0.5) is 0 Å². The highest BCUT2D eigenvalue weighted by molar-refractivity contribution is 5.95. The molecule has 0 aromatic heterocycles. The lowest BCUT2D eigenvalue weighted by Gasteiger charge is -2.32. The molecule has 0 aromatic carbocycles. The molecular weight excluding hydrogens is 252 g/mol. The number of nitrogens with zero attached hydrogens (tertiary/aromatic N) is 3. The molecule has 0 spiro atoms. The van der Waals surface area contributed by atoms with Gasteiger partial charge in [-0.15, -0.1) is 0 Å². The number of primary amides is 1. The van der Waals surface area contributed by atoms with E-state index in [1.54, 1.807) is 12.3 Å². The quantitative estimate of drug-likeness (QED) is 0.778. The van der Waals surface area contributed by atoms with E-state index in [-0.39, 0.29) is 0 Å². The average Bonchev–Trinajstić information content (AvgIpc) is 2.81. The van der Waals surface area contributed by atoms with E-state index in [1.165, 1.54) is 0 Å². The van der Waals surface area contributed by atoms with Crippen molar-refractivity contribution >= 4 is 5.91 Å². The Morgan fingerprint density at radius 3 is 2.60 bits per heavy atom. The molecule has 4 aliphatic rings. The van der Waals surface area contributed by atoms with Gasteiger partial charge in [-0.25, -0.2) is 0 Å². The van der Waals surface area contributed by atoms with Crippen LogP contribution in [-0.4, -0.2) is 20.6 Å². The second-order valence-corrected chi connectivity index (χ2v) is 4.76. The molecule has 0 radical (unpaired) electrons. The number of hydrogen-bond acceptors (Lipinski definition) is 4. The van der Waals surface area contributed by atoms with E-state index >= 15 is 0 Å². The van der Waals surface area contributed by atoms with Crippen LogP contribution in [0.5, 0.6) is 0 Å². The van der Waals surface area contributed by atoms with Crippen molar-refractivity contribution < 1.29 is 4.79 Å². The molecule has 0 aliphatic carbocycles. The molecule has 1 amide bonds. The van der Waals surface area contributed by atoms with E-state index in [1.807, 2.05) is 41.7 Å². The predicted octanol–water partition coefficient (Wildman–Crippen LogP) is 1.42. The molecule has 0 fully saturated rings. The Morgan fingerprint density at radius 1 is 0.900 bits per heavy atom. The number of nitrogens with two attached hydrogens (primary N) is 1. The maximum absolute atomic E-state index is 11.3. The molecule has 4 aliphatic heterocycles. The van der Waals surface area contributed by atoms with Gasteiger partial charge in [-0.05, 0) is 24.3 Å². The summed E-state index contributed by atoms with van der Waals surface area (Å²) in [4.78, 5) is 17.3. The normalized spacial score (nSPS) is 21.7. The van der Waals surface area contributed by atoms with Gasteiger partial charge in [0.15, 0.2) is 0 Å². The summed E-state index contributed by atoms with van der Waals surface area (Å²) in [7, 11) is 0. The molecule has 2 N–H and O–H groups in total. The maximum atomic E-state index is 11.3. The van der Waals surface area contributed by atoms with E-state index < -0.39 is 5.91 Å². The number of allylic oxidation sites excluding steroid dienone is 4. The van der Waals surface area contributed by atoms with Gasteiger partial charge in [-0.1, -0.05) is 6.08 Å². The topological polar surface area (TPSA) is 52.8 Å². The largest absolute Gasteiger partial charge is 0.366 e. The zero-order valence-corrected chi connectivity index (χ0v) is 10.6. The molecule has 4 heterocycles. The van der Waals surface area contributed by atoms with Crippen molar-refractivity contribution in [3.8, 4) is 0 Å². The van der Waals surface area contributed by atoms with Crippen molar-refractivity contribution in [2.24, 2.45) is 5.73 Å². The summed E-state index contributed by atoms with van der Waals surface area (Å²) in [5.41, 5.74) is 7.92. The van der Waals surface area contributed by atoms with Crippen molar-refractivity contribution in [1.29, 1.82) is 0 Å². The summed E-state index contributed by atoms with van der Waals surface area (Å²) in [5, 5.41) is 0. The Morgan fingerprint density at radius 2 is 1.75 bits per heavy atom. The molecule has 0 aromatic rings. The number of hydrogen-bond donors (Lipinski definition) is 1. The fourth-order valence-corrected chi connectivity index (χ4v) is 2.50. The van der Waals surface area contributed by atoms with Crippen LogP contribution >= 0.6 is 0 Å². The van der Waals surface area contributed by atoms with Crippen molar-refractivity contribution in [2.45, 2.75) is 0 Å². The van der Waals surface area contributed by atoms with Gasteiger partial charge in [0.05, 0.1) is 23.2 Å². The Balaban J connectivity index is 1.75. The summed E-state index contributed by atoms with van der Waals surface area (Å²) >= 11 is 0. The molecule has 5 heteroatoms. The van der Waals surface area contributed by atoms with E-state index in [2.05, 4.69) is 22.1 Å². The summed E-state index contributed by atoms with van der Waals surface area (Å²) in [6.45, 7) is 0. The van der Waals surface area contributed by atoms with Gasteiger partial charge in [0, 0.05) is 24.8 Å². The Labute approximate surface area is 116 Å². The molecule has 0 bridgehead atoms. The number of fused-ring (bicyclic) bond motifs is 4. The first kappa shape index (κ1) is 10.9. The monoisotopic (exact) mass is 264 g/mol. The number of carbonyl (C=O) groups excluding carboxylic acids is 1. The van der Waals surface area contributed by atoms with Crippen molar-refractivity contribution in [3.63, 3.8) is 0 Å². The standard InChI is InChI=1S/C15H12N4O/c16-15(20)11-4-5-12-8-18-9-13-3-1-2-6-19(13)14(18)10-17(12)7-11/h1-10H,(H2,16,20). The maximum Gasteiger partial charge on any atom is 0.250 e. The van der Waals surface area contributed by atoms with Gasteiger partial charge in [0.1, 0.15) is 5.82 Å². The highest BCUT2D eigenvalue weighted by Crippen LogP contribution is 2.35. The van der Waals surface area contributed by atoms with Gasteiger partial charge in [0.2, 0.25) is 5.91 Å². The van der Waals surface area contributed by atoms with E-state index in [9.17, 15) is 4.79 Å². The molecule has 0 saturated heterocycles. The molecule has 5 nitrogen and oxygen atoms in total. The van der Waals surface area contributed by atoms with Crippen LogP contribution in [0.3, 0.4) is 0 Å². The number of carbonyl (C=O) groups is 1. The van der Waals surface area contributed by atoms with Crippen LogP contribution < -0.4 is 5.73 Å². The van der Waals surface area contributed by atoms with Crippen LogP contribution in [0.2, 0.25) is 0 Å². The smallest absolute Gasteiger partial charge is 0.250 e. The lowest BCUT2D eigenvalue weighted by atomic mass is 10.1. The zero-order valence-electron chi connectivity index (χ0n) is 10.6. The van der Waals surface area contributed by atoms with Crippen molar-refractivity contribution in [2.75, 3.05) is 0 Å². The molecule has 4 rings (SSSR count). The average molecular weight is 264 g/mol. The predicted molar refractivity (Wildman–Crippen MR) is 74.5 cm³/mol. The highest BCUT2D eigenvalue weighted by atomic mass is 16.1. The number of amides is 1. The van der Waals surface area contributed by atoms with Gasteiger partial charge in [0.25, 0.3) is 0 Å². The van der Waals surface area contributed by atoms with E-state index in [4.69, 9.17) is 5.73 Å². The molecule has 98 valence electrons. The highest BCUT2D eigenvalue weighted by Gasteiger charge is 2.29.